The minimum absolute atomic E-state index is 0.384. The molecule has 0 bridgehead atoms. The predicted molar refractivity (Wildman–Crippen MR) is 111 cm³/mol. The quantitative estimate of drug-likeness (QED) is 0.790. The van der Waals surface area contributed by atoms with Crippen molar-refractivity contribution in [1.82, 2.24) is 9.80 Å². The number of amides is 1. The van der Waals surface area contributed by atoms with Crippen LogP contribution in [0.25, 0.3) is 0 Å². The fraction of sp³-hybridized carbons (Fsp3) is 0.708. The van der Waals surface area contributed by atoms with Crippen LogP contribution in [0.4, 0.5) is 0 Å². The lowest BCUT2D eigenvalue weighted by molar-refractivity contribution is -0.135. The van der Waals surface area contributed by atoms with Crippen LogP contribution in [0, 0.1) is 5.92 Å². The van der Waals surface area contributed by atoms with Crippen LogP contribution < -0.4 is 4.74 Å². The Hall–Kier alpha value is -1.55. The van der Waals surface area contributed by atoms with Gasteiger partial charge in [0.1, 0.15) is 5.75 Å². The highest BCUT2D eigenvalue weighted by Gasteiger charge is 2.42. The zero-order chi connectivity index (χ0) is 19.1. The number of hydrogen-bond acceptors (Lipinski definition) is 3. The van der Waals surface area contributed by atoms with Crippen molar-refractivity contribution in [1.29, 1.82) is 0 Å². The Bertz CT molecular complexity index is 729. The van der Waals surface area contributed by atoms with Crippen LogP contribution in [-0.4, -0.2) is 54.5 Å². The number of carbonyl (C=O) groups is 1. The van der Waals surface area contributed by atoms with Crippen molar-refractivity contribution in [3.8, 4) is 5.75 Å². The molecule has 2 aliphatic heterocycles. The number of hydrogen-bond donors (Lipinski definition) is 0. The van der Waals surface area contributed by atoms with Gasteiger partial charge in [-0.05, 0) is 93.0 Å². The minimum Gasteiger partial charge on any atom is -0.497 e. The van der Waals surface area contributed by atoms with E-state index in [4.69, 9.17) is 4.74 Å². The third-order valence-corrected chi connectivity index (χ3v) is 7.69. The van der Waals surface area contributed by atoms with Gasteiger partial charge < -0.3 is 9.64 Å². The van der Waals surface area contributed by atoms with E-state index in [9.17, 15) is 4.79 Å². The number of ether oxygens (including phenoxy) is 1. The molecule has 4 nitrogen and oxygen atoms in total. The lowest BCUT2D eigenvalue weighted by atomic mass is 9.80. The summed E-state index contributed by atoms with van der Waals surface area (Å²) in [5.41, 5.74) is 2.77. The monoisotopic (exact) mass is 382 g/mol. The number of fused-ring (bicyclic) bond motifs is 2. The van der Waals surface area contributed by atoms with E-state index in [1.807, 2.05) is 0 Å². The van der Waals surface area contributed by atoms with Crippen molar-refractivity contribution >= 4 is 5.91 Å². The zero-order valence-corrected chi connectivity index (χ0v) is 17.2. The van der Waals surface area contributed by atoms with Gasteiger partial charge in [-0.3, -0.25) is 9.69 Å². The third kappa shape index (κ3) is 3.56. The Morgan fingerprint density at radius 3 is 2.82 bits per heavy atom. The molecule has 0 radical (unpaired) electrons. The summed E-state index contributed by atoms with van der Waals surface area (Å²) in [6.07, 6.45) is 10.7. The largest absolute Gasteiger partial charge is 0.497 e. The van der Waals surface area contributed by atoms with Gasteiger partial charge in [-0.1, -0.05) is 6.07 Å². The molecule has 1 amide bonds. The Morgan fingerprint density at radius 2 is 2.00 bits per heavy atom. The standard InChI is InChI=1S/C24H34N2O2/c1-28-21-9-10-22-17(14-21)4-2-5-18(22)15-24(27)25-13-11-23-19(16-25)6-3-12-26(23)20-7-8-20/h9-10,14,18-20,23H,2-8,11-13,15-16H2,1H3/t18-,19-,23-/m1/s1. The normalized spacial score (nSPS) is 30.5. The van der Waals surface area contributed by atoms with E-state index in [-0.39, 0.29) is 0 Å². The highest BCUT2D eigenvalue weighted by molar-refractivity contribution is 5.77. The van der Waals surface area contributed by atoms with Gasteiger partial charge in [0, 0.05) is 31.6 Å². The molecule has 1 aromatic rings. The average Bonchev–Trinajstić information content (AvgIpc) is 3.58. The molecule has 0 spiro atoms. The summed E-state index contributed by atoms with van der Waals surface area (Å²) in [5, 5.41) is 0. The van der Waals surface area contributed by atoms with Crippen molar-refractivity contribution in [2.75, 3.05) is 26.7 Å². The molecule has 0 aromatic heterocycles. The molecule has 2 saturated heterocycles. The zero-order valence-electron chi connectivity index (χ0n) is 17.2. The van der Waals surface area contributed by atoms with Gasteiger partial charge in [0.2, 0.25) is 5.91 Å². The molecular formula is C24H34N2O2. The summed E-state index contributed by atoms with van der Waals surface area (Å²) in [6, 6.07) is 8.04. The number of benzene rings is 1. The maximum atomic E-state index is 13.2. The summed E-state index contributed by atoms with van der Waals surface area (Å²) < 4.78 is 5.39. The van der Waals surface area contributed by atoms with Crippen LogP contribution >= 0.6 is 0 Å². The Kier molecular flexibility index (Phi) is 5.08. The van der Waals surface area contributed by atoms with Gasteiger partial charge in [-0.15, -0.1) is 0 Å². The molecule has 28 heavy (non-hydrogen) atoms. The Morgan fingerprint density at radius 1 is 1.11 bits per heavy atom. The molecule has 3 atom stereocenters. The number of piperidine rings is 2. The van der Waals surface area contributed by atoms with Gasteiger partial charge in [0.15, 0.2) is 0 Å². The van der Waals surface area contributed by atoms with Crippen molar-refractivity contribution < 1.29 is 9.53 Å². The number of aryl methyl sites for hydroxylation is 1. The number of nitrogens with zero attached hydrogens (tertiary/aromatic N) is 2. The molecule has 1 saturated carbocycles. The van der Waals surface area contributed by atoms with Gasteiger partial charge in [0.05, 0.1) is 7.11 Å². The number of rotatable bonds is 4. The number of methoxy groups -OCH3 is 1. The van der Waals surface area contributed by atoms with Gasteiger partial charge in [-0.25, -0.2) is 0 Å². The highest BCUT2D eigenvalue weighted by Crippen LogP contribution is 2.40. The molecule has 4 heteroatoms. The van der Waals surface area contributed by atoms with E-state index >= 15 is 0 Å². The molecule has 2 aliphatic carbocycles. The number of likely N-dealkylation sites (tertiary alicyclic amines) is 2. The average molecular weight is 383 g/mol. The molecule has 2 heterocycles. The van der Waals surface area contributed by atoms with Crippen molar-refractivity contribution in [2.45, 2.75) is 75.8 Å². The summed E-state index contributed by atoms with van der Waals surface area (Å²) >= 11 is 0. The van der Waals surface area contributed by atoms with E-state index in [2.05, 4.69) is 28.0 Å². The van der Waals surface area contributed by atoms with Crippen LogP contribution in [0.5, 0.6) is 5.75 Å². The van der Waals surface area contributed by atoms with Gasteiger partial charge >= 0.3 is 0 Å². The maximum absolute atomic E-state index is 13.2. The molecule has 0 unspecified atom stereocenters. The molecule has 0 N–H and O–H groups in total. The summed E-state index contributed by atoms with van der Waals surface area (Å²) in [4.78, 5) is 18.2. The lowest BCUT2D eigenvalue weighted by Crippen LogP contribution is -2.55. The fourth-order valence-corrected chi connectivity index (χ4v) is 6.10. The second-order valence-electron chi connectivity index (χ2n) is 9.43. The van der Waals surface area contributed by atoms with Crippen molar-refractivity contribution in [3.05, 3.63) is 29.3 Å². The third-order valence-electron chi connectivity index (χ3n) is 7.69. The predicted octanol–water partition coefficient (Wildman–Crippen LogP) is 3.98. The topological polar surface area (TPSA) is 32.8 Å². The van der Waals surface area contributed by atoms with Crippen LogP contribution in [0.15, 0.2) is 18.2 Å². The summed E-state index contributed by atoms with van der Waals surface area (Å²) in [6.45, 7) is 3.25. The van der Waals surface area contributed by atoms with Crippen LogP contribution in [-0.2, 0) is 11.2 Å². The van der Waals surface area contributed by atoms with E-state index in [1.54, 1.807) is 7.11 Å². The molecule has 1 aromatic carbocycles. The van der Waals surface area contributed by atoms with E-state index in [0.29, 0.717) is 24.2 Å². The van der Waals surface area contributed by atoms with E-state index in [0.717, 1.165) is 43.8 Å². The highest BCUT2D eigenvalue weighted by atomic mass is 16.5. The van der Waals surface area contributed by atoms with Gasteiger partial charge in [0.25, 0.3) is 0 Å². The second-order valence-corrected chi connectivity index (χ2v) is 9.43. The second kappa shape index (κ2) is 7.70. The first-order chi connectivity index (χ1) is 13.7. The van der Waals surface area contributed by atoms with Crippen LogP contribution in [0.3, 0.4) is 0 Å². The van der Waals surface area contributed by atoms with Gasteiger partial charge in [-0.2, -0.15) is 0 Å². The SMILES string of the molecule is COc1ccc2c(c1)CCC[C@@H]2CC(=O)N1CC[C@@H]2[C@H](CCCN2C2CC2)C1. The fourth-order valence-electron chi connectivity index (χ4n) is 6.10. The lowest BCUT2D eigenvalue weighted by Gasteiger charge is -2.47. The van der Waals surface area contributed by atoms with Crippen molar-refractivity contribution in [2.24, 2.45) is 5.92 Å². The summed E-state index contributed by atoms with van der Waals surface area (Å²) in [5.74, 6) is 2.41. The van der Waals surface area contributed by atoms with Crippen LogP contribution in [0.1, 0.15) is 68.4 Å². The Balaban J connectivity index is 1.23. The first-order valence-corrected chi connectivity index (χ1v) is 11.4. The minimum atomic E-state index is 0.384. The molecule has 152 valence electrons. The molecular weight excluding hydrogens is 348 g/mol. The smallest absolute Gasteiger partial charge is 0.223 e. The van der Waals surface area contributed by atoms with Crippen LogP contribution in [0.2, 0.25) is 0 Å². The number of carbonyl (C=O) groups excluding carboxylic acids is 1. The molecule has 4 aliphatic rings. The first kappa shape index (κ1) is 18.5. The first-order valence-electron chi connectivity index (χ1n) is 11.4. The molecule has 5 rings (SSSR count). The molecule has 3 fully saturated rings. The summed E-state index contributed by atoms with van der Waals surface area (Å²) in [7, 11) is 1.73. The van der Waals surface area contributed by atoms with E-state index in [1.165, 1.54) is 56.2 Å². The Labute approximate surface area is 169 Å². The van der Waals surface area contributed by atoms with E-state index < -0.39 is 0 Å². The maximum Gasteiger partial charge on any atom is 0.223 e. The van der Waals surface area contributed by atoms with Crippen molar-refractivity contribution in [3.63, 3.8) is 0 Å².